The number of hydrogen-bond donors (Lipinski definition) is 0. The van der Waals surface area contributed by atoms with Gasteiger partial charge in [-0.05, 0) is 31.9 Å². The molecule has 7 nitrogen and oxygen atoms in total. The number of carbonyl (C=O) groups excluding carboxylic acids is 2. The molecule has 152 valence electrons. The van der Waals surface area contributed by atoms with Gasteiger partial charge in [0.25, 0.3) is 5.91 Å². The number of amides is 1. The summed E-state index contributed by atoms with van der Waals surface area (Å²) < 4.78 is 15.8. The number of ether oxygens (including phenoxy) is 3. The van der Waals surface area contributed by atoms with Crippen LogP contribution in [0.3, 0.4) is 0 Å². The summed E-state index contributed by atoms with van der Waals surface area (Å²) in [6, 6.07) is 5.13. The molecule has 0 aromatic heterocycles. The SMILES string of the molecule is CCOc1c(Cl)cc(C(=O)OCC(=O)N(C)C2(C#N)CCCCC2)cc1OC. The zero-order valence-corrected chi connectivity index (χ0v) is 17.2. The largest absolute Gasteiger partial charge is 0.493 e. The number of nitriles is 1. The number of likely N-dealkylation sites (N-methyl/N-ethyl adjacent to an activating group) is 1. The Hall–Kier alpha value is -2.46. The number of halogens is 1. The van der Waals surface area contributed by atoms with Crippen molar-refractivity contribution in [2.45, 2.75) is 44.6 Å². The van der Waals surface area contributed by atoms with Crippen LogP contribution in [0.15, 0.2) is 12.1 Å². The molecule has 0 heterocycles. The Balaban J connectivity index is 2.06. The van der Waals surface area contributed by atoms with Crippen molar-refractivity contribution in [3.63, 3.8) is 0 Å². The second kappa shape index (κ2) is 9.65. The summed E-state index contributed by atoms with van der Waals surface area (Å²) >= 11 is 6.16. The van der Waals surface area contributed by atoms with Gasteiger partial charge in [-0.2, -0.15) is 5.26 Å². The molecule has 0 radical (unpaired) electrons. The van der Waals surface area contributed by atoms with E-state index in [0.717, 1.165) is 19.3 Å². The quantitative estimate of drug-likeness (QED) is 0.640. The number of methoxy groups -OCH3 is 1. The Labute approximate surface area is 170 Å². The van der Waals surface area contributed by atoms with Crippen molar-refractivity contribution < 1.29 is 23.8 Å². The number of esters is 1. The molecule has 0 bridgehead atoms. The molecule has 1 fully saturated rings. The van der Waals surface area contributed by atoms with Crippen LogP contribution in [0.5, 0.6) is 11.5 Å². The van der Waals surface area contributed by atoms with Gasteiger partial charge in [-0.1, -0.05) is 30.9 Å². The molecule has 0 atom stereocenters. The predicted octanol–water partition coefficient (Wildman–Crippen LogP) is 3.59. The molecular formula is C20H25ClN2O5. The molecule has 1 aliphatic rings. The molecule has 1 saturated carbocycles. The van der Waals surface area contributed by atoms with Crippen molar-refractivity contribution in [3.8, 4) is 17.6 Å². The van der Waals surface area contributed by atoms with E-state index in [0.29, 0.717) is 30.9 Å². The lowest BCUT2D eigenvalue weighted by Crippen LogP contribution is -2.51. The maximum absolute atomic E-state index is 12.5. The first-order chi connectivity index (χ1) is 13.4. The summed E-state index contributed by atoms with van der Waals surface area (Å²) in [6.07, 6.45) is 4.11. The smallest absolute Gasteiger partial charge is 0.338 e. The van der Waals surface area contributed by atoms with Crippen LogP contribution in [-0.2, 0) is 9.53 Å². The number of carbonyl (C=O) groups is 2. The van der Waals surface area contributed by atoms with Crippen molar-refractivity contribution in [2.75, 3.05) is 27.4 Å². The zero-order valence-electron chi connectivity index (χ0n) is 16.4. The maximum Gasteiger partial charge on any atom is 0.338 e. The number of rotatable bonds is 7. The Morgan fingerprint density at radius 3 is 2.54 bits per heavy atom. The van der Waals surface area contributed by atoms with Crippen LogP contribution in [-0.4, -0.2) is 49.7 Å². The standard InChI is InChI=1S/C20H25ClN2O5/c1-4-27-18-15(21)10-14(11-16(18)26-3)19(25)28-12-17(24)23(2)20(13-22)8-6-5-7-9-20/h10-11H,4-9,12H2,1-3H3. The first kappa shape index (κ1) is 21.8. The van der Waals surface area contributed by atoms with Crippen LogP contribution in [0, 0.1) is 11.3 Å². The fraction of sp³-hybridized carbons (Fsp3) is 0.550. The molecule has 0 spiro atoms. The third kappa shape index (κ3) is 4.68. The minimum absolute atomic E-state index is 0.147. The summed E-state index contributed by atoms with van der Waals surface area (Å²) in [5.41, 5.74) is -0.679. The van der Waals surface area contributed by atoms with Crippen LogP contribution >= 0.6 is 11.6 Å². The highest BCUT2D eigenvalue weighted by atomic mass is 35.5. The highest BCUT2D eigenvalue weighted by molar-refractivity contribution is 6.32. The van der Waals surface area contributed by atoms with E-state index in [4.69, 9.17) is 25.8 Å². The molecule has 0 N–H and O–H groups in total. The number of benzene rings is 1. The summed E-state index contributed by atoms with van der Waals surface area (Å²) in [5.74, 6) is -0.483. The van der Waals surface area contributed by atoms with Gasteiger partial charge >= 0.3 is 5.97 Å². The van der Waals surface area contributed by atoms with Crippen LogP contribution in [0.1, 0.15) is 49.4 Å². The van der Waals surface area contributed by atoms with E-state index in [1.165, 1.54) is 24.1 Å². The van der Waals surface area contributed by atoms with Crippen LogP contribution < -0.4 is 9.47 Å². The Kier molecular flexibility index (Phi) is 7.53. The van der Waals surface area contributed by atoms with E-state index in [2.05, 4.69) is 6.07 Å². The average Bonchev–Trinajstić information content (AvgIpc) is 2.72. The van der Waals surface area contributed by atoms with Gasteiger partial charge in [0.2, 0.25) is 0 Å². The molecule has 1 aromatic carbocycles. The lowest BCUT2D eigenvalue weighted by atomic mass is 9.81. The van der Waals surface area contributed by atoms with Gasteiger partial charge in [-0.3, -0.25) is 4.79 Å². The van der Waals surface area contributed by atoms with E-state index in [1.54, 1.807) is 14.0 Å². The molecule has 28 heavy (non-hydrogen) atoms. The van der Waals surface area contributed by atoms with E-state index in [9.17, 15) is 14.9 Å². The second-order valence-electron chi connectivity index (χ2n) is 6.66. The van der Waals surface area contributed by atoms with Gasteiger partial charge in [-0.25, -0.2) is 4.79 Å². The van der Waals surface area contributed by atoms with Gasteiger partial charge in [0, 0.05) is 7.05 Å². The van der Waals surface area contributed by atoms with Crippen molar-refractivity contribution in [2.24, 2.45) is 0 Å². The first-order valence-electron chi connectivity index (χ1n) is 9.24. The molecule has 0 unspecified atom stereocenters. The maximum atomic E-state index is 12.5. The summed E-state index contributed by atoms with van der Waals surface area (Å²) in [4.78, 5) is 26.3. The van der Waals surface area contributed by atoms with Crippen molar-refractivity contribution in [1.29, 1.82) is 5.26 Å². The van der Waals surface area contributed by atoms with E-state index in [-0.39, 0.29) is 10.6 Å². The Bertz CT molecular complexity index is 769. The topological polar surface area (TPSA) is 88.9 Å². The highest BCUT2D eigenvalue weighted by Gasteiger charge is 2.39. The molecule has 1 aromatic rings. The van der Waals surface area contributed by atoms with E-state index in [1.807, 2.05) is 0 Å². The van der Waals surface area contributed by atoms with Gasteiger partial charge in [0.15, 0.2) is 18.1 Å². The molecule has 8 heteroatoms. The van der Waals surface area contributed by atoms with Gasteiger partial charge in [0.1, 0.15) is 5.54 Å². The molecule has 1 amide bonds. The Morgan fingerprint density at radius 2 is 1.96 bits per heavy atom. The highest BCUT2D eigenvalue weighted by Crippen LogP contribution is 2.36. The average molecular weight is 409 g/mol. The number of nitrogens with zero attached hydrogens (tertiary/aromatic N) is 2. The summed E-state index contributed by atoms with van der Waals surface area (Å²) in [6.45, 7) is 1.74. The minimum atomic E-state index is -0.826. The lowest BCUT2D eigenvalue weighted by molar-refractivity contribution is -0.138. The predicted molar refractivity (Wildman–Crippen MR) is 104 cm³/mol. The first-order valence-corrected chi connectivity index (χ1v) is 9.61. The van der Waals surface area contributed by atoms with Crippen LogP contribution in [0.4, 0.5) is 0 Å². The Morgan fingerprint density at radius 1 is 1.29 bits per heavy atom. The second-order valence-corrected chi connectivity index (χ2v) is 7.06. The van der Waals surface area contributed by atoms with Gasteiger partial charge in [-0.15, -0.1) is 0 Å². The van der Waals surface area contributed by atoms with Crippen molar-refractivity contribution in [3.05, 3.63) is 22.7 Å². The normalized spacial score (nSPS) is 15.2. The molecular weight excluding hydrogens is 384 g/mol. The number of hydrogen-bond acceptors (Lipinski definition) is 6. The molecule has 2 rings (SSSR count). The fourth-order valence-electron chi connectivity index (χ4n) is 3.33. The monoisotopic (exact) mass is 408 g/mol. The van der Waals surface area contributed by atoms with Gasteiger partial charge < -0.3 is 19.1 Å². The van der Waals surface area contributed by atoms with Crippen molar-refractivity contribution >= 4 is 23.5 Å². The molecule has 0 aliphatic heterocycles. The zero-order chi connectivity index (χ0) is 20.7. The third-order valence-electron chi connectivity index (χ3n) is 4.99. The summed E-state index contributed by atoms with van der Waals surface area (Å²) in [5, 5.41) is 9.79. The van der Waals surface area contributed by atoms with Crippen LogP contribution in [0.2, 0.25) is 5.02 Å². The summed E-state index contributed by atoms with van der Waals surface area (Å²) in [7, 11) is 3.02. The third-order valence-corrected chi connectivity index (χ3v) is 5.27. The van der Waals surface area contributed by atoms with E-state index >= 15 is 0 Å². The van der Waals surface area contributed by atoms with Gasteiger partial charge in [0.05, 0.1) is 30.4 Å². The van der Waals surface area contributed by atoms with Crippen LogP contribution in [0.25, 0.3) is 0 Å². The lowest BCUT2D eigenvalue weighted by Gasteiger charge is -2.38. The molecule has 1 aliphatic carbocycles. The van der Waals surface area contributed by atoms with E-state index < -0.39 is 24.0 Å². The molecule has 0 saturated heterocycles. The fourth-order valence-corrected chi connectivity index (χ4v) is 3.59. The minimum Gasteiger partial charge on any atom is -0.493 e. The van der Waals surface area contributed by atoms with Crippen molar-refractivity contribution in [1.82, 2.24) is 4.90 Å².